The third-order valence-corrected chi connectivity index (χ3v) is 3.43. The summed E-state index contributed by atoms with van der Waals surface area (Å²) in [6.45, 7) is 1.50. The monoisotopic (exact) mass is 288 g/mol. The number of nitrogens with zero attached hydrogens (tertiary/aromatic N) is 2. The van der Waals surface area contributed by atoms with Crippen LogP contribution < -0.4 is 0 Å². The Labute approximate surface area is 119 Å². The van der Waals surface area contributed by atoms with E-state index >= 15 is 0 Å². The van der Waals surface area contributed by atoms with E-state index in [4.69, 9.17) is 11.6 Å². The van der Waals surface area contributed by atoms with E-state index in [0.29, 0.717) is 16.2 Å². The van der Waals surface area contributed by atoms with Crippen LogP contribution in [0.25, 0.3) is 16.6 Å². The zero-order chi connectivity index (χ0) is 14.3. The van der Waals surface area contributed by atoms with Crippen molar-refractivity contribution >= 4 is 28.3 Å². The third-order valence-electron chi connectivity index (χ3n) is 3.15. The third kappa shape index (κ3) is 1.98. The van der Waals surface area contributed by atoms with E-state index < -0.39 is 0 Å². The smallest absolute Gasteiger partial charge is 0.161 e. The zero-order valence-corrected chi connectivity index (χ0v) is 11.4. The van der Waals surface area contributed by atoms with E-state index in [1.165, 1.54) is 19.1 Å². The summed E-state index contributed by atoms with van der Waals surface area (Å²) >= 11 is 6.14. The molecule has 0 aliphatic rings. The van der Waals surface area contributed by atoms with Crippen LogP contribution >= 0.6 is 11.6 Å². The van der Waals surface area contributed by atoms with Gasteiger partial charge in [-0.2, -0.15) is 0 Å². The largest absolute Gasteiger partial charge is 0.313 e. The van der Waals surface area contributed by atoms with Crippen molar-refractivity contribution in [3.63, 3.8) is 0 Å². The number of ketones is 1. The molecule has 0 saturated carbocycles. The number of carbonyl (C=O) groups excluding carboxylic acids is 1. The van der Waals surface area contributed by atoms with E-state index in [-0.39, 0.29) is 11.6 Å². The van der Waals surface area contributed by atoms with Crippen molar-refractivity contribution in [2.75, 3.05) is 0 Å². The number of benzene rings is 1. The van der Waals surface area contributed by atoms with Gasteiger partial charge in [0.25, 0.3) is 0 Å². The maximum Gasteiger partial charge on any atom is 0.161 e. The average Bonchev–Trinajstić information content (AvgIpc) is 2.81. The van der Waals surface area contributed by atoms with Crippen LogP contribution in [0, 0.1) is 5.82 Å². The zero-order valence-electron chi connectivity index (χ0n) is 10.6. The predicted molar refractivity (Wildman–Crippen MR) is 76.0 cm³/mol. The molecule has 0 N–H and O–H groups in total. The van der Waals surface area contributed by atoms with Gasteiger partial charge in [0.1, 0.15) is 5.82 Å². The number of hydrogen-bond donors (Lipinski definition) is 0. The molecule has 0 amide bonds. The Hall–Kier alpha value is -2.20. The van der Waals surface area contributed by atoms with E-state index in [1.807, 2.05) is 0 Å². The summed E-state index contributed by atoms with van der Waals surface area (Å²) in [5.41, 5.74) is 1.93. The second-order valence-corrected chi connectivity index (χ2v) is 4.80. The van der Waals surface area contributed by atoms with Crippen LogP contribution in [0.5, 0.6) is 0 Å². The van der Waals surface area contributed by atoms with Crippen LogP contribution in [-0.4, -0.2) is 15.3 Å². The van der Waals surface area contributed by atoms with Gasteiger partial charge in [0.2, 0.25) is 0 Å². The number of aromatic nitrogens is 2. The molecule has 0 atom stereocenters. The van der Waals surface area contributed by atoms with E-state index in [1.54, 1.807) is 35.2 Å². The first-order valence-corrected chi connectivity index (χ1v) is 6.38. The Balaban J connectivity index is 2.35. The van der Waals surface area contributed by atoms with Gasteiger partial charge < -0.3 is 4.57 Å². The first-order chi connectivity index (χ1) is 9.58. The van der Waals surface area contributed by atoms with E-state index in [0.717, 1.165) is 11.1 Å². The van der Waals surface area contributed by atoms with Crippen LogP contribution in [0.4, 0.5) is 4.39 Å². The summed E-state index contributed by atoms with van der Waals surface area (Å²) in [7, 11) is 0. The molecular weight excluding hydrogens is 279 g/mol. The van der Waals surface area contributed by atoms with Crippen molar-refractivity contribution < 1.29 is 9.18 Å². The van der Waals surface area contributed by atoms with E-state index in [9.17, 15) is 9.18 Å². The minimum absolute atomic E-state index is 0.0573. The molecule has 0 bridgehead atoms. The van der Waals surface area contributed by atoms with Crippen molar-refractivity contribution in [3.05, 3.63) is 59.3 Å². The molecule has 3 rings (SSSR count). The second kappa shape index (κ2) is 4.72. The van der Waals surface area contributed by atoms with E-state index in [2.05, 4.69) is 4.98 Å². The van der Waals surface area contributed by atoms with Gasteiger partial charge in [-0.05, 0) is 37.3 Å². The van der Waals surface area contributed by atoms with Crippen molar-refractivity contribution in [3.8, 4) is 5.69 Å². The molecule has 0 radical (unpaired) electrons. The Morgan fingerprint density at radius 1 is 1.25 bits per heavy atom. The highest BCUT2D eigenvalue weighted by Gasteiger charge is 2.15. The van der Waals surface area contributed by atoms with Gasteiger partial charge in [0, 0.05) is 29.0 Å². The Bertz CT molecular complexity index is 809. The lowest BCUT2D eigenvalue weighted by Gasteiger charge is -2.05. The fraction of sp³-hybridized carbons (Fsp3) is 0.0667. The summed E-state index contributed by atoms with van der Waals surface area (Å²) in [6, 6.07) is 7.72. The number of hydrogen-bond acceptors (Lipinski definition) is 2. The highest BCUT2D eigenvalue weighted by atomic mass is 35.5. The highest BCUT2D eigenvalue weighted by Crippen LogP contribution is 2.29. The minimum Gasteiger partial charge on any atom is -0.313 e. The summed E-state index contributed by atoms with van der Waals surface area (Å²) < 4.78 is 14.8. The van der Waals surface area contributed by atoms with Crippen molar-refractivity contribution in [2.45, 2.75) is 6.92 Å². The van der Waals surface area contributed by atoms with Gasteiger partial charge in [-0.15, -0.1) is 0 Å². The Kier molecular flexibility index (Phi) is 3.03. The maximum absolute atomic E-state index is 13.0. The molecule has 3 aromatic rings. The average molecular weight is 289 g/mol. The first-order valence-electron chi connectivity index (χ1n) is 6.00. The van der Waals surface area contributed by atoms with Crippen molar-refractivity contribution in [1.29, 1.82) is 0 Å². The second-order valence-electron chi connectivity index (χ2n) is 4.44. The highest BCUT2D eigenvalue weighted by molar-refractivity contribution is 6.34. The molecule has 0 aliphatic carbocycles. The predicted octanol–water partition coefficient (Wildman–Crippen LogP) is 4.02. The molecule has 2 heterocycles. The molecule has 0 spiro atoms. The topological polar surface area (TPSA) is 34.9 Å². The maximum atomic E-state index is 13.0. The quantitative estimate of drug-likeness (QED) is 0.527. The Morgan fingerprint density at radius 2 is 1.95 bits per heavy atom. The number of fused-ring (bicyclic) bond motifs is 1. The first kappa shape index (κ1) is 12.8. The standard InChI is InChI=1S/C15H10ClFN2O/c1-9(20)13-8-19(11-4-2-10(17)3-5-11)14-12(13)6-7-18-15(14)16/h2-8H,1H3. The molecule has 2 aromatic heterocycles. The number of pyridine rings is 1. The minimum atomic E-state index is -0.318. The SMILES string of the molecule is CC(=O)c1cn(-c2ccc(F)cc2)c2c(Cl)nccc12. The molecule has 3 nitrogen and oxygen atoms in total. The Morgan fingerprint density at radius 3 is 2.60 bits per heavy atom. The summed E-state index contributed by atoms with van der Waals surface area (Å²) in [6.07, 6.45) is 3.26. The van der Waals surface area contributed by atoms with Gasteiger partial charge in [-0.1, -0.05) is 11.6 Å². The number of Topliss-reactive ketones (excluding diaryl/α,β-unsaturated/α-hetero) is 1. The van der Waals surface area contributed by atoms with Gasteiger partial charge >= 0.3 is 0 Å². The molecule has 0 aliphatic heterocycles. The summed E-state index contributed by atoms with van der Waals surface area (Å²) in [5.74, 6) is -0.376. The molecule has 1 aromatic carbocycles. The molecule has 0 fully saturated rings. The number of halogens is 2. The fourth-order valence-electron chi connectivity index (χ4n) is 2.22. The molecule has 0 unspecified atom stereocenters. The van der Waals surface area contributed by atoms with Crippen LogP contribution in [0.15, 0.2) is 42.7 Å². The summed E-state index contributed by atoms with van der Waals surface area (Å²) in [4.78, 5) is 15.8. The van der Waals surface area contributed by atoms with Crippen LogP contribution in [0.2, 0.25) is 5.15 Å². The van der Waals surface area contributed by atoms with Gasteiger partial charge in [-0.25, -0.2) is 9.37 Å². The lowest BCUT2D eigenvalue weighted by molar-refractivity contribution is 0.101. The molecule has 0 saturated heterocycles. The molecule has 100 valence electrons. The van der Waals surface area contributed by atoms with Gasteiger partial charge in [0.05, 0.1) is 5.52 Å². The van der Waals surface area contributed by atoms with Crippen LogP contribution in [0.3, 0.4) is 0 Å². The number of rotatable bonds is 2. The van der Waals surface area contributed by atoms with Crippen molar-refractivity contribution in [2.24, 2.45) is 0 Å². The van der Waals surface area contributed by atoms with Crippen molar-refractivity contribution in [1.82, 2.24) is 9.55 Å². The fourth-order valence-corrected chi connectivity index (χ4v) is 2.47. The van der Waals surface area contributed by atoms with Gasteiger partial charge in [-0.3, -0.25) is 4.79 Å². The number of carbonyl (C=O) groups is 1. The van der Waals surface area contributed by atoms with Crippen LogP contribution in [0.1, 0.15) is 17.3 Å². The lowest BCUT2D eigenvalue weighted by atomic mass is 10.1. The molecular formula is C15H10ClFN2O. The van der Waals surface area contributed by atoms with Gasteiger partial charge in [0.15, 0.2) is 10.9 Å². The summed E-state index contributed by atoms with van der Waals surface area (Å²) in [5, 5.41) is 1.04. The lowest BCUT2D eigenvalue weighted by Crippen LogP contribution is -1.93. The van der Waals surface area contributed by atoms with Crippen LogP contribution in [-0.2, 0) is 0 Å². The molecule has 5 heteroatoms. The normalized spacial score (nSPS) is 10.9. The molecule has 20 heavy (non-hydrogen) atoms.